The van der Waals surface area contributed by atoms with E-state index >= 15 is 0 Å². The summed E-state index contributed by atoms with van der Waals surface area (Å²) in [6.45, 7) is 2.16. The first kappa shape index (κ1) is 25.4. The van der Waals surface area contributed by atoms with E-state index in [-0.39, 0.29) is 24.8 Å². The minimum atomic E-state index is 0. The van der Waals surface area contributed by atoms with Crippen molar-refractivity contribution >= 4 is 24.8 Å². The quantitative estimate of drug-likeness (QED) is 0.342. The van der Waals surface area contributed by atoms with Crippen LogP contribution in [0, 0.1) is 6.08 Å². The Morgan fingerprint density at radius 1 is 0.793 bits per heavy atom. The molecule has 0 saturated heterocycles. The molecule has 1 aliphatic rings. The van der Waals surface area contributed by atoms with E-state index < -0.39 is 0 Å². The second-order valence-corrected chi connectivity index (χ2v) is 8.16. The Kier molecular flexibility index (Phi) is 11.9. The molecule has 0 spiro atoms. The van der Waals surface area contributed by atoms with Crippen LogP contribution in [0.15, 0.2) is 103 Å². The van der Waals surface area contributed by atoms with E-state index in [0.717, 1.165) is 6.42 Å². The number of benzene rings is 3. The Balaban J connectivity index is 0.000000231. The number of hydrogen-bond acceptors (Lipinski definition) is 0. The summed E-state index contributed by atoms with van der Waals surface area (Å²) >= 11 is 1.51. The van der Waals surface area contributed by atoms with Gasteiger partial charge in [-0.05, 0) is 0 Å². The van der Waals surface area contributed by atoms with Crippen LogP contribution in [-0.2, 0) is 24.2 Å². The Morgan fingerprint density at radius 2 is 1.31 bits per heavy atom. The molecule has 0 atom stereocenters. The Labute approximate surface area is 200 Å². The molecular formula is C26H22Cl2Zr-2. The third-order valence-corrected chi connectivity index (χ3v) is 5.02. The van der Waals surface area contributed by atoms with Gasteiger partial charge >= 0.3 is 70.3 Å². The minimum Gasteiger partial charge on any atom is -1.00 e. The third kappa shape index (κ3) is 7.59. The number of rotatable bonds is 1. The zero-order valence-electron chi connectivity index (χ0n) is 16.3. The van der Waals surface area contributed by atoms with Crippen LogP contribution >= 0.6 is 0 Å². The van der Waals surface area contributed by atoms with Crippen LogP contribution in [0.5, 0.6) is 0 Å². The van der Waals surface area contributed by atoms with Gasteiger partial charge in [0.15, 0.2) is 0 Å². The SMILES string of the molecule is C[C](=[Zr+2])c1ccccc1.[C-]1=CC=CC1.[Cl-].[Cl-].c1ccc2c(c1)[cH-]c1ccccc12. The number of hydrogen-bond donors (Lipinski definition) is 0. The molecule has 0 aliphatic heterocycles. The van der Waals surface area contributed by atoms with Crippen molar-refractivity contribution in [1.29, 1.82) is 0 Å². The summed E-state index contributed by atoms with van der Waals surface area (Å²) in [5.41, 5.74) is 1.37. The second-order valence-electron chi connectivity index (χ2n) is 6.31. The number of allylic oxidation sites excluding steroid dienone is 4. The second kappa shape index (κ2) is 13.5. The molecule has 1 aliphatic carbocycles. The Hall–Kier alpha value is -1.66. The molecule has 0 saturated carbocycles. The van der Waals surface area contributed by atoms with Crippen molar-refractivity contribution in [2.75, 3.05) is 0 Å². The first-order chi connectivity index (χ1) is 13.3. The van der Waals surface area contributed by atoms with Crippen molar-refractivity contribution in [2.24, 2.45) is 0 Å². The molecule has 0 nitrogen and oxygen atoms in total. The van der Waals surface area contributed by atoms with Crippen molar-refractivity contribution in [3.8, 4) is 0 Å². The molecule has 0 amide bonds. The standard InChI is InChI=1S/C13H9.C8H8.C5H5.2ClH.Zr/c1-3-7-12-10(5-1)9-11-6-2-4-8-13(11)12;1-2-8-6-4-3-5-7-8;1-2-4-5-3-1;;;/h1-9H;3-7H,1H3;1-3H,4H2;2*1H;/q-1;;-1;;;+2/p-2. The van der Waals surface area contributed by atoms with Crippen molar-refractivity contribution in [3.63, 3.8) is 0 Å². The minimum absolute atomic E-state index is 0. The van der Waals surface area contributed by atoms with E-state index in [4.69, 9.17) is 0 Å². The molecule has 0 unspecified atom stereocenters. The summed E-state index contributed by atoms with van der Waals surface area (Å²) < 4.78 is 1.46. The topological polar surface area (TPSA) is 0 Å². The van der Waals surface area contributed by atoms with Crippen LogP contribution in [-0.4, -0.2) is 3.21 Å². The van der Waals surface area contributed by atoms with Crippen molar-refractivity contribution < 1.29 is 49.0 Å². The zero-order valence-corrected chi connectivity index (χ0v) is 20.2. The molecule has 0 fully saturated rings. The van der Waals surface area contributed by atoms with Gasteiger partial charge in [0, 0.05) is 0 Å². The van der Waals surface area contributed by atoms with E-state index in [9.17, 15) is 0 Å². The average molecular weight is 497 g/mol. The van der Waals surface area contributed by atoms with E-state index in [1.54, 1.807) is 0 Å². The molecule has 146 valence electrons. The van der Waals surface area contributed by atoms with Crippen LogP contribution in [0.3, 0.4) is 0 Å². The van der Waals surface area contributed by atoms with Gasteiger partial charge in [0.25, 0.3) is 0 Å². The molecule has 0 N–H and O–H groups in total. The van der Waals surface area contributed by atoms with Crippen LogP contribution in [0.4, 0.5) is 0 Å². The van der Waals surface area contributed by atoms with Gasteiger partial charge in [-0.25, -0.2) is 12.2 Å². The van der Waals surface area contributed by atoms with Crippen LogP contribution in [0.1, 0.15) is 18.9 Å². The molecule has 4 aromatic carbocycles. The number of fused-ring (bicyclic) bond motifs is 3. The molecule has 3 heteroatoms. The smallest absolute Gasteiger partial charge is 0.0771 e. The molecule has 29 heavy (non-hydrogen) atoms. The van der Waals surface area contributed by atoms with E-state index in [0.29, 0.717) is 0 Å². The third-order valence-electron chi connectivity index (χ3n) is 4.32. The fourth-order valence-electron chi connectivity index (χ4n) is 2.93. The van der Waals surface area contributed by atoms with E-state index in [1.165, 1.54) is 54.5 Å². The zero-order chi connectivity index (χ0) is 18.9. The molecule has 5 rings (SSSR count). The van der Waals surface area contributed by atoms with Crippen molar-refractivity contribution in [1.82, 2.24) is 0 Å². The number of halogens is 2. The van der Waals surface area contributed by atoms with Gasteiger partial charge in [-0.2, -0.15) is 6.08 Å². The van der Waals surface area contributed by atoms with Gasteiger partial charge in [-0.3, -0.25) is 6.08 Å². The predicted octanol–water partition coefficient (Wildman–Crippen LogP) is 0.799. The summed E-state index contributed by atoms with van der Waals surface area (Å²) in [7, 11) is 0. The van der Waals surface area contributed by atoms with E-state index in [1.807, 2.05) is 18.2 Å². The molecular weight excluding hydrogens is 474 g/mol. The average Bonchev–Trinajstić information content (AvgIpc) is 3.41. The largest absolute Gasteiger partial charge is 1.00 e. The van der Waals surface area contributed by atoms with Gasteiger partial charge in [0.1, 0.15) is 0 Å². The van der Waals surface area contributed by atoms with Gasteiger partial charge in [-0.1, -0.05) is 36.4 Å². The summed E-state index contributed by atoms with van der Waals surface area (Å²) in [4.78, 5) is 0. The monoisotopic (exact) mass is 494 g/mol. The van der Waals surface area contributed by atoms with Gasteiger partial charge < -0.3 is 24.8 Å². The summed E-state index contributed by atoms with van der Waals surface area (Å²) in [6.07, 6.45) is 10.0. The maximum Gasteiger partial charge on any atom is -0.0771 e. The fraction of sp³-hybridized carbons (Fsp3) is 0.0769. The first-order valence-corrected chi connectivity index (χ1v) is 10.3. The fourth-order valence-corrected chi connectivity index (χ4v) is 3.34. The summed E-state index contributed by atoms with van der Waals surface area (Å²) in [5, 5.41) is 5.39. The molecule has 4 aromatic rings. The molecule has 0 heterocycles. The van der Waals surface area contributed by atoms with Crippen molar-refractivity contribution in [2.45, 2.75) is 13.3 Å². The summed E-state index contributed by atoms with van der Waals surface area (Å²) in [5.74, 6) is 0. The van der Waals surface area contributed by atoms with Crippen molar-refractivity contribution in [3.05, 3.63) is 115 Å². The van der Waals surface area contributed by atoms with Crippen LogP contribution in [0.2, 0.25) is 0 Å². The molecule has 0 bridgehead atoms. The van der Waals surface area contributed by atoms with E-state index in [2.05, 4.69) is 97.9 Å². The first-order valence-electron chi connectivity index (χ1n) is 9.11. The maximum absolute atomic E-state index is 2.99. The Bertz CT molecular complexity index is 1020. The van der Waals surface area contributed by atoms with Crippen LogP contribution < -0.4 is 24.8 Å². The van der Waals surface area contributed by atoms with Gasteiger partial charge in [-0.15, -0.1) is 46.2 Å². The van der Waals surface area contributed by atoms with Gasteiger partial charge in [0.2, 0.25) is 0 Å². The predicted molar refractivity (Wildman–Crippen MR) is 115 cm³/mol. The normalized spacial score (nSPS) is 10.9. The molecule has 0 radical (unpaired) electrons. The Morgan fingerprint density at radius 3 is 1.69 bits per heavy atom. The van der Waals surface area contributed by atoms with Gasteiger partial charge in [0.05, 0.1) is 0 Å². The molecule has 0 aromatic heterocycles. The van der Waals surface area contributed by atoms with Crippen LogP contribution in [0.25, 0.3) is 21.5 Å². The summed E-state index contributed by atoms with van der Waals surface area (Å²) in [6, 6.07) is 29.7. The maximum atomic E-state index is 2.99.